The van der Waals surface area contributed by atoms with Gasteiger partial charge in [-0.1, -0.05) is 42.5 Å². The van der Waals surface area contributed by atoms with Crippen molar-refractivity contribution in [1.29, 1.82) is 0 Å². The molecule has 0 bridgehead atoms. The van der Waals surface area contributed by atoms with Gasteiger partial charge in [0.1, 0.15) is 5.82 Å². The van der Waals surface area contributed by atoms with Gasteiger partial charge in [-0.05, 0) is 24.6 Å². The van der Waals surface area contributed by atoms with Gasteiger partial charge in [-0.25, -0.2) is 4.39 Å². The van der Waals surface area contributed by atoms with E-state index in [-0.39, 0.29) is 24.2 Å². The lowest BCUT2D eigenvalue weighted by Gasteiger charge is -2.14. The average molecular weight is 272 g/mol. The molecule has 0 aliphatic carbocycles. The van der Waals surface area contributed by atoms with Crippen LogP contribution in [0.2, 0.25) is 0 Å². The fraction of sp³-hybridized carbons (Fsp3) is 0.188. The summed E-state index contributed by atoms with van der Waals surface area (Å²) < 4.78 is 13.4. The van der Waals surface area contributed by atoms with Crippen LogP contribution in [0.4, 0.5) is 10.1 Å². The van der Waals surface area contributed by atoms with Gasteiger partial charge in [0.25, 0.3) is 0 Å². The predicted molar refractivity (Wildman–Crippen MR) is 77.9 cm³/mol. The summed E-state index contributed by atoms with van der Waals surface area (Å²) >= 11 is 0. The van der Waals surface area contributed by atoms with Gasteiger partial charge in [0.15, 0.2) is 0 Å². The maximum Gasteiger partial charge on any atom is 0.238 e. The summed E-state index contributed by atoms with van der Waals surface area (Å²) in [5.74, 6) is -0.699. The molecule has 2 aromatic carbocycles. The topological polar surface area (TPSA) is 41.1 Å². The van der Waals surface area contributed by atoms with Crippen molar-refractivity contribution < 1.29 is 9.18 Å². The van der Waals surface area contributed by atoms with Crippen LogP contribution in [0.3, 0.4) is 0 Å². The van der Waals surface area contributed by atoms with Gasteiger partial charge >= 0.3 is 0 Å². The summed E-state index contributed by atoms with van der Waals surface area (Å²) in [6.45, 7) is 2.11. The Morgan fingerprint density at radius 3 is 2.45 bits per heavy atom. The molecule has 1 amide bonds. The second-order valence-corrected chi connectivity index (χ2v) is 4.54. The van der Waals surface area contributed by atoms with E-state index in [9.17, 15) is 9.18 Å². The van der Waals surface area contributed by atoms with Crippen molar-refractivity contribution in [1.82, 2.24) is 5.32 Å². The third-order valence-electron chi connectivity index (χ3n) is 3.02. The normalized spacial score (nSPS) is 11.9. The number of nitrogens with one attached hydrogen (secondary N) is 2. The molecule has 2 N–H and O–H groups in total. The number of carbonyl (C=O) groups excluding carboxylic acids is 1. The Balaban J connectivity index is 1.85. The molecule has 1 atom stereocenters. The van der Waals surface area contributed by atoms with Crippen LogP contribution in [-0.4, -0.2) is 12.5 Å². The van der Waals surface area contributed by atoms with E-state index in [1.807, 2.05) is 37.3 Å². The molecule has 0 fully saturated rings. The molecule has 0 radical (unpaired) electrons. The Morgan fingerprint density at radius 2 is 1.75 bits per heavy atom. The van der Waals surface area contributed by atoms with Gasteiger partial charge in [-0.15, -0.1) is 0 Å². The Hall–Kier alpha value is -2.20. The molecule has 0 saturated heterocycles. The summed E-state index contributed by atoms with van der Waals surface area (Å²) in [7, 11) is 0. The standard InChI is InChI=1S/C16H17FN2O/c1-12(13-7-3-2-4-8-13)18-11-16(20)19-15-10-6-5-9-14(15)17/h2-10,12,18H,11H2,1H3,(H,19,20). The number of hydrogen-bond donors (Lipinski definition) is 2. The maximum atomic E-state index is 13.4. The number of anilines is 1. The van der Waals surface area contributed by atoms with E-state index in [0.717, 1.165) is 5.56 Å². The first-order valence-electron chi connectivity index (χ1n) is 6.49. The molecule has 0 saturated carbocycles. The van der Waals surface area contributed by atoms with Crippen LogP contribution in [0.25, 0.3) is 0 Å². The minimum Gasteiger partial charge on any atom is -0.322 e. The molecule has 104 valence electrons. The molecule has 0 aromatic heterocycles. The van der Waals surface area contributed by atoms with E-state index >= 15 is 0 Å². The van der Waals surface area contributed by atoms with Crippen LogP contribution >= 0.6 is 0 Å². The van der Waals surface area contributed by atoms with E-state index in [1.54, 1.807) is 12.1 Å². The third-order valence-corrected chi connectivity index (χ3v) is 3.02. The predicted octanol–water partition coefficient (Wildman–Crippen LogP) is 3.12. The first-order valence-corrected chi connectivity index (χ1v) is 6.49. The minimum atomic E-state index is -0.433. The summed E-state index contributed by atoms with van der Waals surface area (Å²) in [6.07, 6.45) is 0. The van der Waals surface area contributed by atoms with Crippen LogP contribution in [0.1, 0.15) is 18.5 Å². The van der Waals surface area contributed by atoms with Crippen LogP contribution < -0.4 is 10.6 Å². The molecule has 0 spiro atoms. The molecule has 3 nitrogen and oxygen atoms in total. The number of benzene rings is 2. The zero-order valence-corrected chi connectivity index (χ0v) is 11.3. The number of carbonyl (C=O) groups is 1. The number of para-hydroxylation sites is 1. The highest BCUT2D eigenvalue weighted by atomic mass is 19.1. The van der Waals surface area contributed by atoms with Crippen molar-refractivity contribution in [2.24, 2.45) is 0 Å². The average Bonchev–Trinajstić information content (AvgIpc) is 2.48. The Morgan fingerprint density at radius 1 is 1.10 bits per heavy atom. The van der Waals surface area contributed by atoms with E-state index in [2.05, 4.69) is 10.6 Å². The van der Waals surface area contributed by atoms with Crippen LogP contribution in [0.5, 0.6) is 0 Å². The molecule has 0 aliphatic heterocycles. The number of halogens is 1. The monoisotopic (exact) mass is 272 g/mol. The largest absolute Gasteiger partial charge is 0.322 e. The molecule has 0 heterocycles. The smallest absolute Gasteiger partial charge is 0.238 e. The second-order valence-electron chi connectivity index (χ2n) is 4.54. The Bertz CT molecular complexity index is 572. The van der Waals surface area contributed by atoms with E-state index in [1.165, 1.54) is 12.1 Å². The van der Waals surface area contributed by atoms with Gasteiger partial charge in [-0.2, -0.15) is 0 Å². The highest BCUT2D eigenvalue weighted by Gasteiger charge is 2.09. The number of hydrogen-bond acceptors (Lipinski definition) is 2. The quantitative estimate of drug-likeness (QED) is 0.878. The lowest BCUT2D eigenvalue weighted by atomic mass is 10.1. The Kier molecular flexibility index (Phi) is 4.85. The molecule has 20 heavy (non-hydrogen) atoms. The van der Waals surface area contributed by atoms with Crippen molar-refractivity contribution in [3.8, 4) is 0 Å². The summed E-state index contributed by atoms with van der Waals surface area (Å²) in [5, 5.41) is 5.64. The molecular formula is C16H17FN2O. The summed E-state index contributed by atoms with van der Waals surface area (Å²) in [4.78, 5) is 11.8. The zero-order chi connectivity index (χ0) is 14.4. The van der Waals surface area contributed by atoms with Crippen LogP contribution in [0, 0.1) is 5.82 Å². The van der Waals surface area contributed by atoms with E-state index in [4.69, 9.17) is 0 Å². The van der Waals surface area contributed by atoms with Gasteiger partial charge in [0.2, 0.25) is 5.91 Å². The maximum absolute atomic E-state index is 13.4. The molecule has 0 aliphatic rings. The van der Waals surface area contributed by atoms with Crippen molar-refractivity contribution >= 4 is 11.6 Å². The Labute approximate surface area is 117 Å². The molecule has 2 aromatic rings. The minimum absolute atomic E-state index is 0.0579. The van der Waals surface area contributed by atoms with Gasteiger partial charge in [-0.3, -0.25) is 4.79 Å². The first-order chi connectivity index (χ1) is 9.66. The van der Waals surface area contributed by atoms with Gasteiger partial charge in [0, 0.05) is 6.04 Å². The van der Waals surface area contributed by atoms with E-state index in [0.29, 0.717) is 0 Å². The van der Waals surface area contributed by atoms with Crippen molar-refractivity contribution in [2.75, 3.05) is 11.9 Å². The zero-order valence-electron chi connectivity index (χ0n) is 11.3. The molecular weight excluding hydrogens is 255 g/mol. The second kappa shape index (κ2) is 6.82. The SMILES string of the molecule is CC(NCC(=O)Nc1ccccc1F)c1ccccc1. The summed E-state index contributed by atoms with van der Waals surface area (Å²) in [5.41, 5.74) is 1.30. The molecule has 1 unspecified atom stereocenters. The summed E-state index contributed by atoms with van der Waals surface area (Å²) in [6, 6.07) is 16.0. The number of rotatable bonds is 5. The lowest BCUT2D eigenvalue weighted by Crippen LogP contribution is -2.30. The van der Waals surface area contributed by atoms with Crippen molar-refractivity contribution in [2.45, 2.75) is 13.0 Å². The highest BCUT2D eigenvalue weighted by Crippen LogP contribution is 2.13. The number of amides is 1. The fourth-order valence-electron chi connectivity index (χ4n) is 1.86. The lowest BCUT2D eigenvalue weighted by molar-refractivity contribution is -0.115. The first kappa shape index (κ1) is 14.2. The van der Waals surface area contributed by atoms with E-state index < -0.39 is 5.82 Å². The molecule has 2 rings (SSSR count). The fourth-order valence-corrected chi connectivity index (χ4v) is 1.86. The van der Waals surface area contributed by atoms with Gasteiger partial charge in [0.05, 0.1) is 12.2 Å². The van der Waals surface area contributed by atoms with Crippen LogP contribution in [-0.2, 0) is 4.79 Å². The van der Waals surface area contributed by atoms with Crippen molar-refractivity contribution in [3.63, 3.8) is 0 Å². The third kappa shape index (κ3) is 3.90. The van der Waals surface area contributed by atoms with Crippen LogP contribution in [0.15, 0.2) is 54.6 Å². The van der Waals surface area contributed by atoms with Crippen molar-refractivity contribution in [3.05, 3.63) is 66.0 Å². The molecule has 4 heteroatoms. The highest BCUT2D eigenvalue weighted by molar-refractivity contribution is 5.92. The van der Waals surface area contributed by atoms with Gasteiger partial charge < -0.3 is 10.6 Å².